The highest BCUT2D eigenvalue weighted by Gasteiger charge is 2.34. The minimum atomic E-state index is -4.48. The fourth-order valence-corrected chi connectivity index (χ4v) is 5.05. The van der Waals surface area contributed by atoms with Gasteiger partial charge in [-0.2, -0.15) is 13.2 Å². The second kappa shape index (κ2) is 7.75. The third-order valence-electron chi connectivity index (χ3n) is 6.72. The van der Waals surface area contributed by atoms with E-state index in [1.54, 1.807) is 12.1 Å². The van der Waals surface area contributed by atoms with Gasteiger partial charge < -0.3 is 14.4 Å². The van der Waals surface area contributed by atoms with Crippen molar-refractivity contribution in [2.24, 2.45) is 5.92 Å². The number of hydrogen-bond donors (Lipinski definition) is 1. The van der Waals surface area contributed by atoms with E-state index in [9.17, 15) is 27.9 Å². The van der Waals surface area contributed by atoms with Crippen LogP contribution in [-0.2, 0) is 19.0 Å². The van der Waals surface area contributed by atoms with Gasteiger partial charge in [0.1, 0.15) is 11.3 Å². The molecule has 0 radical (unpaired) electrons. The Labute approximate surface area is 193 Å². The molecule has 2 aromatic carbocycles. The van der Waals surface area contributed by atoms with Crippen molar-refractivity contribution in [1.82, 2.24) is 4.57 Å². The van der Waals surface area contributed by atoms with Gasteiger partial charge in [0.15, 0.2) is 5.43 Å². The summed E-state index contributed by atoms with van der Waals surface area (Å²) in [7, 11) is 0. The summed E-state index contributed by atoms with van der Waals surface area (Å²) in [4.78, 5) is 24.2. The molecule has 5 nitrogen and oxygen atoms in total. The third kappa shape index (κ3) is 3.48. The Morgan fingerprint density at radius 2 is 1.91 bits per heavy atom. The lowest BCUT2D eigenvalue weighted by Crippen LogP contribution is -2.28. The highest BCUT2D eigenvalue weighted by Crippen LogP contribution is 2.48. The van der Waals surface area contributed by atoms with Gasteiger partial charge in [0, 0.05) is 41.4 Å². The number of carboxylic acids is 1. The molecule has 5 rings (SSSR count). The molecule has 1 N–H and O–H groups in total. The van der Waals surface area contributed by atoms with Gasteiger partial charge in [-0.1, -0.05) is 26.0 Å². The first-order chi connectivity index (χ1) is 16.1. The van der Waals surface area contributed by atoms with Crippen LogP contribution in [0.15, 0.2) is 47.4 Å². The van der Waals surface area contributed by atoms with Crippen LogP contribution in [0.4, 0.5) is 13.2 Å². The summed E-state index contributed by atoms with van der Waals surface area (Å²) in [6, 6.07) is 8.13. The Hall–Kier alpha value is -3.55. The summed E-state index contributed by atoms with van der Waals surface area (Å²) < 4.78 is 47.9. The Balaban J connectivity index is 1.79. The first-order valence-corrected chi connectivity index (χ1v) is 11.0. The highest BCUT2D eigenvalue weighted by molar-refractivity contribution is 5.88. The lowest BCUT2D eigenvalue weighted by molar-refractivity contribution is -0.137. The van der Waals surface area contributed by atoms with Crippen LogP contribution in [0.1, 0.15) is 46.9 Å². The van der Waals surface area contributed by atoms with E-state index in [4.69, 9.17) is 4.74 Å². The van der Waals surface area contributed by atoms with Crippen molar-refractivity contribution in [3.8, 4) is 28.1 Å². The minimum absolute atomic E-state index is 0.0784. The molecule has 0 bridgehead atoms. The summed E-state index contributed by atoms with van der Waals surface area (Å²) >= 11 is 0. The molecule has 2 aliphatic heterocycles. The average molecular weight is 469 g/mol. The Morgan fingerprint density at radius 3 is 2.59 bits per heavy atom. The van der Waals surface area contributed by atoms with Gasteiger partial charge >= 0.3 is 12.1 Å². The number of benzene rings is 2. The van der Waals surface area contributed by atoms with Gasteiger partial charge in [0.05, 0.1) is 17.9 Å². The van der Waals surface area contributed by atoms with Crippen molar-refractivity contribution in [1.29, 1.82) is 0 Å². The van der Waals surface area contributed by atoms with Crippen molar-refractivity contribution in [2.45, 2.75) is 38.9 Å². The van der Waals surface area contributed by atoms with E-state index in [0.717, 1.165) is 28.8 Å². The van der Waals surface area contributed by atoms with Gasteiger partial charge in [-0.05, 0) is 41.7 Å². The third-order valence-corrected chi connectivity index (χ3v) is 6.72. The molecule has 3 aromatic rings. The van der Waals surface area contributed by atoms with Crippen LogP contribution >= 0.6 is 0 Å². The van der Waals surface area contributed by atoms with E-state index >= 15 is 0 Å². The molecular formula is C26H22F3NO4. The fraction of sp³-hybridized carbons (Fsp3) is 0.308. The minimum Gasteiger partial charge on any atom is -0.492 e. The van der Waals surface area contributed by atoms with E-state index in [1.807, 2.05) is 18.4 Å². The molecule has 0 saturated heterocycles. The molecule has 0 aliphatic carbocycles. The first kappa shape index (κ1) is 22.3. The van der Waals surface area contributed by atoms with Gasteiger partial charge in [0.2, 0.25) is 0 Å². The summed E-state index contributed by atoms with van der Waals surface area (Å²) in [5, 5.41) is 9.48. The van der Waals surface area contributed by atoms with Crippen molar-refractivity contribution in [3.63, 3.8) is 0 Å². The molecule has 34 heavy (non-hydrogen) atoms. The van der Waals surface area contributed by atoms with Crippen LogP contribution in [0, 0.1) is 5.92 Å². The number of fused-ring (bicyclic) bond motifs is 5. The van der Waals surface area contributed by atoms with Crippen LogP contribution in [0.3, 0.4) is 0 Å². The molecule has 8 heteroatoms. The average Bonchev–Trinajstić information content (AvgIpc) is 3.27. The Bertz CT molecular complexity index is 1390. The van der Waals surface area contributed by atoms with Gasteiger partial charge in [-0.15, -0.1) is 0 Å². The molecule has 176 valence electrons. The van der Waals surface area contributed by atoms with Crippen molar-refractivity contribution in [3.05, 3.63) is 75.1 Å². The molecule has 0 fully saturated rings. The van der Waals surface area contributed by atoms with Gasteiger partial charge in [0.25, 0.3) is 0 Å². The molecule has 1 aromatic heterocycles. The van der Waals surface area contributed by atoms with E-state index in [-0.39, 0.29) is 17.5 Å². The Kier molecular flexibility index (Phi) is 5.07. The van der Waals surface area contributed by atoms with Crippen LogP contribution < -0.4 is 10.2 Å². The number of ether oxygens (including phenoxy) is 1. The smallest absolute Gasteiger partial charge is 0.416 e. The largest absolute Gasteiger partial charge is 0.492 e. The summed E-state index contributed by atoms with van der Waals surface area (Å²) in [6.07, 6.45) is -1.86. The van der Waals surface area contributed by atoms with Crippen molar-refractivity contribution < 1.29 is 27.8 Å². The Morgan fingerprint density at radius 1 is 1.15 bits per heavy atom. The highest BCUT2D eigenvalue weighted by atomic mass is 19.4. The number of carbonyl (C=O) groups is 1. The molecule has 0 spiro atoms. The van der Waals surface area contributed by atoms with E-state index < -0.39 is 23.1 Å². The number of rotatable bonds is 3. The zero-order valence-electron chi connectivity index (χ0n) is 18.6. The summed E-state index contributed by atoms with van der Waals surface area (Å²) in [5.74, 6) is -0.559. The molecule has 2 aliphatic rings. The normalized spacial score (nSPS) is 16.6. The van der Waals surface area contributed by atoms with Crippen LogP contribution in [-0.4, -0.2) is 22.2 Å². The molecular weight excluding hydrogens is 447 g/mol. The van der Waals surface area contributed by atoms with E-state index in [1.165, 1.54) is 18.3 Å². The van der Waals surface area contributed by atoms with Crippen LogP contribution in [0.25, 0.3) is 22.4 Å². The molecule has 0 amide bonds. The topological polar surface area (TPSA) is 68.5 Å². The van der Waals surface area contributed by atoms with E-state index in [2.05, 4.69) is 0 Å². The number of halogens is 3. The number of carboxylic acid groups (broad SMARTS) is 1. The molecule has 3 heterocycles. The molecule has 1 unspecified atom stereocenters. The first-order valence-electron chi connectivity index (χ1n) is 11.0. The summed E-state index contributed by atoms with van der Waals surface area (Å²) in [6.45, 7) is 4.49. The zero-order valence-corrected chi connectivity index (χ0v) is 18.6. The number of nitrogens with zero attached hydrogens (tertiary/aromatic N) is 1. The molecule has 1 atom stereocenters. The standard InChI is InChI=1S/C26H22F3NO4/c1-13(2)21-10-18-16-6-7-34-24(16)17(14-4-3-5-15(8-14)26(27,28)29)9-19(18)22-11-23(31)20(25(32)33)12-30(21)22/h3-5,8-9,11-13,21H,6-7,10H2,1-2H3,(H,32,33). The number of hydrogen-bond acceptors (Lipinski definition) is 3. The van der Waals surface area contributed by atoms with Gasteiger partial charge in [-0.3, -0.25) is 4.79 Å². The van der Waals surface area contributed by atoms with Crippen molar-refractivity contribution in [2.75, 3.05) is 6.61 Å². The maximum Gasteiger partial charge on any atom is 0.416 e. The number of aromatic carboxylic acids is 1. The fourth-order valence-electron chi connectivity index (χ4n) is 5.05. The summed E-state index contributed by atoms with van der Waals surface area (Å²) in [5.41, 5.74) is 2.48. The SMILES string of the molecule is CC(C)C1Cc2c(cc(-c3cccc(C(F)(F)F)c3)c3c2CCO3)-c2cc(=O)c(C(=O)O)cn21. The predicted molar refractivity (Wildman–Crippen MR) is 120 cm³/mol. The number of alkyl halides is 3. The van der Waals surface area contributed by atoms with Gasteiger partial charge in [-0.25, -0.2) is 4.79 Å². The van der Waals surface area contributed by atoms with E-state index in [0.29, 0.717) is 42.0 Å². The quantitative estimate of drug-likeness (QED) is 0.543. The maximum absolute atomic E-state index is 13.4. The monoisotopic (exact) mass is 469 g/mol. The molecule has 0 saturated carbocycles. The van der Waals surface area contributed by atoms with Crippen LogP contribution in [0.5, 0.6) is 5.75 Å². The number of aromatic nitrogens is 1. The lowest BCUT2D eigenvalue weighted by atomic mass is 9.82. The van der Waals surface area contributed by atoms with Crippen molar-refractivity contribution >= 4 is 5.97 Å². The number of pyridine rings is 1. The maximum atomic E-state index is 13.4. The lowest BCUT2D eigenvalue weighted by Gasteiger charge is -2.34. The second-order valence-corrected chi connectivity index (χ2v) is 9.10. The zero-order chi connectivity index (χ0) is 24.4. The predicted octanol–water partition coefficient (Wildman–Crippen LogP) is 5.59. The second-order valence-electron chi connectivity index (χ2n) is 9.10. The van der Waals surface area contributed by atoms with Crippen LogP contribution in [0.2, 0.25) is 0 Å².